The van der Waals surface area contributed by atoms with Gasteiger partial charge >= 0.3 is 12.1 Å². The number of ether oxygens (including phenoxy) is 2. The van der Waals surface area contributed by atoms with Gasteiger partial charge in [0.1, 0.15) is 12.1 Å². The summed E-state index contributed by atoms with van der Waals surface area (Å²) in [7, 11) is 0. The fraction of sp³-hybridized carbons (Fsp3) is 0.200. The predicted octanol–water partition coefficient (Wildman–Crippen LogP) is 1.36. The Morgan fingerprint density at radius 3 is 2.91 bits per heavy atom. The van der Waals surface area contributed by atoms with Crippen molar-refractivity contribution in [2.75, 3.05) is 19.8 Å². The first-order valence-electron chi connectivity index (χ1n) is 6.81. The van der Waals surface area contributed by atoms with Gasteiger partial charge in [0, 0.05) is 12.2 Å². The van der Waals surface area contributed by atoms with E-state index in [1.807, 2.05) is 12.1 Å². The summed E-state index contributed by atoms with van der Waals surface area (Å²) in [5, 5.41) is 0. The van der Waals surface area contributed by atoms with Crippen LogP contribution in [-0.2, 0) is 19.1 Å². The number of amides is 2. The van der Waals surface area contributed by atoms with Gasteiger partial charge in [-0.05, 0) is 12.1 Å². The summed E-state index contributed by atoms with van der Waals surface area (Å²) in [5.74, 6) is -1.12. The Morgan fingerprint density at radius 2 is 2.17 bits per heavy atom. The van der Waals surface area contributed by atoms with Crippen molar-refractivity contribution < 1.29 is 28.3 Å². The fourth-order valence-electron chi connectivity index (χ4n) is 1.98. The molecule has 1 aliphatic rings. The molecule has 0 spiro atoms. The molecule has 1 aromatic carbocycles. The zero-order valence-electron chi connectivity index (χ0n) is 11.9. The van der Waals surface area contributed by atoms with Crippen LogP contribution in [0, 0.1) is 0 Å². The van der Waals surface area contributed by atoms with E-state index in [-0.39, 0.29) is 19.0 Å². The minimum absolute atomic E-state index is 0.149. The van der Waals surface area contributed by atoms with Gasteiger partial charge in [-0.2, -0.15) is 0 Å². The maximum atomic E-state index is 11.6. The average Bonchev–Trinajstić information content (AvgIpc) is 3.16. The number of aromatic nitrogens is 1. The fourth-order valence-corrected chi connectivity index (χ4v) is 1.98. The quantitative estimate of drug-likeness (QED) is 0.620. The molecule has 0 N–H and O–H groups in total. The first-order valence-corrected chi connectivity index (χ1v) is 6.81. The number of para-hydroxylation sites is 2. The highest BCUT2D eigenvalue weighted by Crippen LogP contribution is 2.15. The van der Waals surface area contributed by atoms with Gasteiger partial charge in [0.15, 0.2) is 12.2 Å². The van der Waals surface area contributed by atoms with Crippen LogP contribution >= 0.6 is 0 Å². The summed E-state index contributed by atoms with van der Waals surface area (Å²) in [6, 6.07) is 7.17. The second-order valence-electron chi connectivity index (χ2n) is 4.62. The van der Waals surface area contributed by atoms with Gasteiger partial charge in [-0.15, -0.1) is 0 Å². The number of nitrogens with zero attached hydrogens (tertiary/aromatic N) is 2. The Morgan fingerprint density at radius 1 is 1.35 bits per heavy atom. The molecule has 0 saturated carbocycles. The highest BCUT2D eigenvalue weighted by molar-refractivity contribution is 5.95. The number of fused-ring (bicyclic) bond motifs is 1. The first kappa shape index (κ1) is 14.8. The van der Waals surface area contributed by atoms with Crippen molar-refractivity contribution in [3.63, 3.8) is 0 Å². The molecule has 1 fully saturated rings. The molecule has 2 amide bonds. The predicted molar refractivity (Wildman–Crippen MR) is 77.1 cm³/mol. The molecule has 0 radical (unpaired) electrons. The Balaban J connectivity index is 1.54. The van der Waals surface area contributed by atoms with Crippen LogP contribution in [0.25, 0.3) is 17.2 Å². The maximum absolute atomic E-state index is 11.6. The van der Waals surface area contributed by atoms with Crippen molar-refractivity contribution in [1.82, 2.24) is 9.88 Å². The average molecular weight is 316 g/mol. The third-order valence-electron chi connectivity index (χ3n) is 3.07. The van der Waals surface area contributed by atoms with Gasteiger partial charge in [0.2, 0.25) is 5.89 Å². The summed E-state index contributed by atoms with van der Waals surface area (Å²) >= 11 is 0. The molecular weight excluding hydrogens is 304 g/mol. The van der Waals surface area contributed by atoms with E-state index >= 15 is 0 Å². The van der Waals surface area contributed by atoms with E-state index in [1.54, 1.807) is 12.1 Å². The van der Waals surface area contributed by atoms with Crippen LogP contribution < -0.4 is 0 Å². The molecule has 0 atom stereocenters. The molecule has 23 heavy (non-hydrogen) atoms. The molecule has 2 aromatic rings. The third kappa shape index (κ3) is 3.37. The van der Waals surface area contributed by atoms with Gasteiger partial charge in [-0.1, -0.05) is 12.1 Å². The van der Waals surface area contributed by atoms with Crippen LogP contribution in [0.3, 0.4) is 0 Å². The third-order valence-corrected chi connectivity index (χ3v) is 3.07. The van der Waals surface area contributed by atoms with Gasteiger partial charge in [-0.25, -0.2) is 19.5 Å². The number of hydrogen-bond acceptors (Lipinski definition) is 7. The number of cyclic esters (lactones) is 1. The Labute approximate surface area is 130 Å². The van der Waals surface area contributed by atoms with Crippen molar-refractivity contribution in [2.45, 2.75) is 0 Å². The molecule has 0 bridgehead atoms. The number of carbonyl (C=O) groups is 3. The van der Waals surface area contributed by atoms with E-state index in [0.29, 0.717) is 11.1 Å². The van der Waals surface area contributed by atoms with Gasteiger partial charge in [-0.3, -0.25) is 4.79 Å². The Hall–Kier alpha value is -3.16. The number of rotatable bonds is 4. The van der Waals surface area contributed by atoms with Crippen molar-refractivity contribution in [3.05, 3.63) is 36.2 Å². The summed E-state index contributed by atoms with van der Waals surface area (Å²) in [6.45, 7) is -0.226. The summed E-state index contributed by atoms with van der Waals surface area (Å²) in [4.78, 5) is 39.4. The molecule has 2 heterocycles. The molecule has 0 aliphatic carbocycles. The van der Waals surface area contributed by atoms with E-state index in [4.69, 9.17) is 9.15 Å². The lowest BCUT2D eigenvalue weighted by molar-refractivity contribution is -0.146. The van der Waals surface area contributed by atoms with E-state index in [2.05, 4.69) is 9.72 Å². The van der Waals surface area contributed by atoms with Gasteiger partial charge in [0.05, 0.1) is 6.54 Å². The number of carbonyl (C=O) groups excluding carboxylic acids is 3. The lowest BCUT2D eigenvalue weighted by Gasteiger charge is -2.09. The number of benzene rings is 1. The monoisotopic (exact) mass is 316 g/mol. The van der Waals surface area contributed by atoms with E-state index in [9.17, 15) is 14.4 Å². The molecule has 118 valence electrons. The zero-order valence-corrected chi connectivity index (χ0v) is 11.9. The SMILES string of the molecule is O=C(/C=C/c1nc2ccccc2o1)OCC(=O)N1CCOC1=O. The highest BCUT2D eigenvalue weighted by atomic mass is 16.6. The number of oxazole rings is 1. The van der Waals surface area contributed by atoms with Crippen molar-refractivity contribution in [1.29, 1.82) is 0 Å². The van der Waals surface area contributed by atoms with Gasteiger partial charge < -0.3 is 13.9 Å². The van der Waals surface area contributed by atoms with Crippen molar-refractivity contribution in [2.24, 2.45) is 0 Å². The lowest BCUT2D eigenvalue weighted by atomic mass is 10.3. The van der Waals surface area contributed by atoms with Crippen LogP contribution in [0.5, 0.6) is 0 Å². The minimum Gasteiger partial charge on any atom is -0.452 e. The van der Waals surface area contributed by atoms with Crippen LogP contribution in [-0.4, -0.2) is 47.6 Å². The van der Waals surface area contributed by atoms with Crippen LogP contribution in [0.2, 0.25) is 0 Å². The molecule has 8 heteroatoms. The van der Waals surface area contributed by atoms with Gasteiger partial charge in [0.25, 0.3) is 5.91 Å². The largest absolute Gasteiger partial charge is 0.452 e. The second kappa shape index (κ2) is 6.30. The number of hydrogen-bond donors (Lipinski definition) is 0. The minimum atomic E-state index is -0.742. The van der Waals surface area contributed by atoms with Crippen LogP contribution in [0.4, 0.5) is 4.79 Å². The molecule has 8 nitrogen and oxygen atoms in total. The molecule has 3 rings (SSSR count). The Kier molecular flexibility index (Phi) is 4.05. The van der Waals surface area contributed by atoms with Crippen molar-refractivity contribution in [3.8, 4) is 0 Å². The summed E-state index contributed by atoms with van der Waals surface area (Å²) in [6.07, 6.45) is 1.71. The first-order chi connectivity index (χ1) is 11.1. The molecular formula is C15H12N2O6. The van der Waals surface area contributed by atoms with E-state index in [0.717, 1.165) is 11.0 Å². The maximum Gasteiger partial charge on any atom is 0.416 e. The summed E-state index contributed by atoms with van der Waals surface area (Å²) in [5.41, 5.74) is 1.27. The number of imide groups is 1. The second-order valence-corrected chi connectivity index (χ2v) is 4.62. The Bertz CT molecular complexity index is 761. The zero-order chi connectivity index (χ0) is 16.2. The number of esters is 1. The highest BCUT2D eigenvalue weighted by Gasteiger charge is 2.28. The molecule has 1 aliphatic heterocycles. The van der Waals surface area contributed by atoms with E-state index in [1.165, 1.54) is 6.08 Å². The van der Waals surface area contributed by atoms with Crippen LogP contribution in [0.15, 0.2) is 34.8 Å². The lowest BCUT2D eigenvalue weighted by Crippen LogP contribution is -2.35. The molecule has 1 saturated heterocycles. The standard InChI is InChI=1S/C15H12N2O6/c18-13(17-7-8-21-15(17)20)9-22-14(19)6-5-12-16-10-3-1-2-4-11(10)23-12/h1-6H,7-9H2/b6-5+. The van der Waals surface area contributed by atoms with Crippen LogP contribution in [0.1, 0.15) is 5.89 Å². The summed E-state index contributed by atoms with van der Waals surface area (Å²) < 4.78 is 14.8. The topological polar surface area (TPSA) is 98.9 Å². The molecule has 0 unspecified atom stereocenters. The van der Waals surface area contributed by atoms with Crippen molar-refractivity contribution >= 4 is 35.1 Å². The van der Waals surface area contributed by atoms with E-state index < -0.39 is 24.6 Å². The normalized spacial score (nSPS) is 14.4. The molecule has 1 aromatic heterocycles. The smallest absolute Gasteiger partial charge is 0.416 e.